The first kappa shape index (κ1) is 10.6. The molecule has 5 nitrogen and oxygen atoms in total. The minimum atomic E-state index is -0.358. The van der Waals surface area contributed by atoms with Crippen LogP contribution in [0.3, 0.4) is 0 Å². The molecule has 2 aromatic rings. The number of methoxy groups -OCH3 is 1. The largest absolute Gasteiger partial charge is 0.383 e. The van der Waals surface area contributed by atoms with Crippen molar-refractivity contribution in [3.05, 3.63) is 40.6 Å². The summed E-state index contributed by atoms with van der Waals surface area (Å²) >= 11 is 0. The summed E-state index contributed by atoms with van der Waals surface area (Å²) in [6.45, 7) is 1.29. The van der Waals surface area contributed by atoms with Crippen LogP contribution in [-0.4, -0.2) is 23.2 Å². The van der Waals surface area contributed by atoms with Gasteiger partial charge in [-0.05, 0) is 12.1 Å². The molecular weight excluding hydrogens is 208 g/mol. The summed E-state index contributed by atoms with van der Waals surface area (Å²) in [5.74, 6) is 0. The molecule has 0 radical (unpaired) electrons. The molecule has 0 aliphatic heterocycles. The summed E-state index contributed by atoms with van der Waals surface area (Å²) in [6, 6.07) is 6.86. The van der Waals surface area contributed by atoms with Gasteiger partial charge in [0.25, 0.3) is 5.69 Å². The third-order valence-electron chi connectivity index (χ3n) is 2.52. The van der Waals surface area contributed by atoms with Gasteiger partial charge < -0.3 is 9.30 Å². The average Bonchev–Trinajstić information content (AvgIpc) is 2.69. The molecule has 0 saturated carbocycles. The Balaban J connectivity index is 2.48. The van der Waals surface area contributed by atoms with Crippen LogP contribution in [0.4, 0.5) is 5.69 Å². The normalized spacial score (nSPS) is 10.8. The predicted molar refractivity (Wildman–Crippen MR) is 60.5 cm³/mol. The summed E-state index contributed by atoms with van der Waals surface area (Å²) in [7, 11) is 1.63. The zero-order valence-corrected chi connectivity index (χ0v) is 8.92. The molecule has 1 aromatic carbocycles. The molecule has 0 fully saturated rings. The van der Waals surface area contributed by atoms with Crippen molar-refractivity contribution in [1.82, 2.24) is 4.57 Å². The molecule has 84 valence electrons. The van der Waals surface area contributed by atoms with E-state index in [9.17, 15) is 10.1 Å². The molecule has 0 aliphatic rings. The van der Waals surface area contributed by atoms with E-state index >= 15 is 0 Å². The average molecular weight is 220 g/mol. The number of fused-ring (bicyclic) bond motifs is 1. The predicted octanol–water partition coefficient (Wildman–Crippen LogP) is 2.20. The Hall–Kier alpha value is -1.88. The van der Waals surface area contributed by atoms with Crippen LogP contribution in [-0.2, 0) is 11.3 Å². The first-order chi connectivity index (χ1) is 7.74. The molecule has 16 heavy (non-hydrogen) atoms. The summed E-state index contributed by atoms with van der Waals surface area (Å²) in [6.07, 6.45) is 1.84. The maximum absolute atomic E-state index is 10.8. The Labute approximate surface area is 92.4 Å². The van der Waals surface area contributed by atoms with Crippen LogP contribution in [0.5, 0.6) is 0 Å². The number of hydrogen-bond donors (Lipinski definition) is 0. The fourth-order valence-corrected chi connectivity index (χ4v) is 1.75. The second-order valence-corrected chi connectivity index (χ2v) is 3.47. The van der Waals surface area contributed by atoms with E-state index in [2.05, 4.69) is 0 Å². The van der Waals surface area contributed by atoms with Crippen LogP contribution in [0.2, 0.25) is 0 Å². The number of aromatic nitrogens is 1. The van der Waals surface area contributed by atoms with Crippen molar-refractivity contribution in [3.8, 4) is 0 Å². The second kappa shape index (κ2) is 4.32. The van der Waals surface area contributed by atoms with Gasteiger partial charge in [0, 0.05) is 25.9 Å². The van der Waals surface area contributed by atoms with Gasteiger partial charge in [-0.15, -0.1) is 0 Å². The van der Waals surface area contributed by atoms with Crippen molar-refractivity contribution >= 4 is 16.6 Å². The maximum atomic E-state index is 10.8. The summed E-state index contributed by atoms with van der Waals surface area (Å²) in [4.78, 5) is 10.5. The van der Waals surface area contributed by atoms with E-state index in [4.69, 9.17) is 4.74 Å². The van der Waals surface area contributed by atoms with Gasteiger partial charge in [-0.2, -0.15) is 0 Å². The van der Waals surface area contributed by atoms with Gasteiger partial charge in [0.15, 0.2) is 0 Å². The lowest BCUT2D eigenvalue weighted by Gasteiger charge is -2.03. The third-order valence-corrected chi connectivity index (χ3v) is 2.52. The van der Waals surface area contributed by atoms with Crippen molar-refractivity contribution in [2.24, 2.45) is 0 Å². The molecule has 0 bridgehead atoms. The van der Waals surface area contributed by atoms with Crippen molar-refractivity contribution in [2.75, 3.05) is 13.7 Å². The SMILES string of the molecule is COCCn1ccc2c([N+](=O)[O-])cccc21. The van der Waals surface area contributed by atoms with Crippen molar-refractivity contribution in [2.45, 2.75) is 6.54 Å². The standard InChI is InChI=1S/C11H12N2O3/c1-16-8-7-12-6-5-9-10(12)3-2-4-11(9)13(14)15/h2-6H,7-8H2,1H3. The molecule has 0 unspecified atom stereocenters. The Kier molecular flexibility index (Phi) is 2.87. The molecule has 1 aromatic heterocycles. The maximum Gasteiger partial charge on any atom is 0.278 e. The molecule has 5 heteroatoms. The van der Waals surface area contributed by atoms with E-state index in [0.717, 1.165) is 5.52 Å². The lowest BCUT2D eigenvalue weighted by Crippen LogP contribution is -2.02. The number of hydrogen-bond acceptors (Lipinski definition) is 3. The van der Waals surface area contributed by atoms with Crippen LogP contribution < -0.4 is 0 Å². The number of nitro benzene ring substituents is 1. The first-order valence-corrected chi connectivity index (χ1v) is 4.95. The minimum absolute atomic E-state index is 0.147. The fraction of sp³-hybridized carbons (Fsp3) is 0.273. The van der Waals surface area contributed by atoms with Gasteiger partial charge in [-0.1, -0.05) is 6.07 Å². The Bertz CT molecular complexity index is 519. The molecule has 0 saturated heterocycles. The topological polar surface area (TPSA) is 57.3 Å². The number of rotatable bonds is 4. The van der Waals surface area contributed by atoms with Crippen molar-refractivity contribution < 1.29 is 9.66 Å². The highest BCUT2D eigenvalue weighted by atomic mass is 16.6. The van der Waals surface area contributed by atoms with Crippen LogP contribution in [0.15, 0.2) is 30.5 Å². The molecular formula is C11H12N2O3. The van der Waals surface area contributed by atoms with Crippen LogP contribution in [0.25, 0.3) is 10.9 Å². The first-order valence-electron chi connectivity index (χ1n) is 4.95. The van der Waals surface area contributed by atoms with Crippen LogP contribution in [0, 0.1) is 10.1 Å². The van der Waals surface area contributed by atoms with E-state index in [1.165, 1.54) is 6.07 Å². The second-order valence-electron chi connectivity index (χ2n) is 3.47. The molecule has 0 atom stereocenters. The third kappa shape index (κ3) is 1.77. The molecule has 0 N–H and O–H groups in total. The summed E-state index contributed by atoms with van der Waals surface area (Å²) in [5, 5.41) is 11.5. The highest BCUT2D eigenvalue weighted by molar-refractivity contribution is 5.89. The Morgan fingerprint density at radius 3 is 2.94 bits per heavy atom. The van der Waals surface area contributed by atoms with Crippen molar-refractivity contribution in [3.63, 3.8) is 0 Å². The van der Waals surface area contributed by atoms with Crippen LogP contribution in [0.1, 0.15) is 0 Å². The summed E-state index contributed by atoms with van der Waals surface area (Å²) in [5.41, 5.74) is 1.01. The van der Waals surface area contributed by atoms with Gasteiger partial charge in [-0.3, -0.25) is 10.1 Å². The number of nitrogens with zero attached hydrogens (tertiary/aromatic N) is 2. The van der Waals surface area contributed by atoms with Crippen molar-refractivity contribution in [1.29, 1.82) is 0 Å². The highest BCUT2D eigenvalue weighted by Gasteiger charge is 2.13. The highest BCUT2D eigenvalue weighted by Crippen LogP contribution is 2.25. The minimum Gasteiger partial charge on any atom is -0.383 e. The Morgan fingerprint density at radius 1 is 1.44 bits per heavy atom. The lowest BCUT2D eigenvalue weighted by molar-refractivity contribution is -0.383. The van der Waals surface area contributed by atoms with Gasteiger partial charge in [0.05, 0.1) is 22.4 Å². The van der Waals surface area contributed by atoms with E-state index < -0.39 is 0 Å². The zero-order chi connectivity index (χ0) is 11.5. The van der Waals surface area contributed by atoms with E-state index in [0.29, 0.717) is 18.5 Å². The van der Waals surface area contributed by atoms with E-state index in [1.807, 2.05) is 16.8 Å². The van der Waals surface area contributed by atoms with Gasteiger partial charge >= 0.3 is 0 Å². The lowest BCUT2D eigenvalue weighted by atomic mass is 10.2. The zero-order valence-electron chi connectivity index (χ0n) is 8.92. The van der Waals surface area contributed by atoms with Crippen LogP contribution >= 0.6 is 0 Å². The quantitative estimate of drug-likeness (QED) is 0.586. The van der Waals surface area contributed by atoms with Gasteiger partial charge in [0.1, 0.15) is 0 Å². The number of non-ortho nitro benzene ring substituents is 1. The monoisotopic (exact) mass is 220 g/mol. The number of ether oxygens (including phenoxy) is 1. The molecule has 0 aliphatic carbocycles. The molecule has 0 amide bonds. The fourth-order valence-electron chi connectivity index (χ4n) is 1.75. The smallest absolute Gasteiger partial charge is 0.278 e. The van der Waals surface area contributed by atoms with E-state index in [-0.39, 0.29) is 10.6 Å². The van der Waals surface area contributed by atoms with Gasteiger partial charge in [0.2, 0.25) is 0 Å². The molecule has 2 rings (SSSR count). The number of benzene rings is 1. The molecule has 0 spiro atoms. The van der Waals surface area contributed by atoms with E-state index in [1.54, 1.807) is 19.2 Å². The number of nitro groups is 1. The molecule has 1 heterocycles. The Morgan fingerprint density at radius 2 is 2.25 bits per heavy atom. The summed E-state index contributed by atoms with van der Waals surface area (Å²) < 4.78 is 6.94. The van der Waals surface area contributed by atoms with Gasteiger partial charge in [-0.25, -0.2) is 0 Å².